The van der Waals surface area contributed by atoms with Gasteiger partial charge in [0.15, 0.2) is 0 Å². The van der Waals surface area contributed by atoms with Crippen LogP contribution in [0.25, 0.3) is 0 Å². The van der Waals surface area contributed by atoms with Crippen molar-refractivity contribution >= 4 is 5.91 Å². The summed E-state index contributed by atoms with van der Waals surface area (Å²) in [6.45, 7) is 7.39. The van der Waals surface area contributed by atoms with Crippen LogP contribution in [0.3, 0.4) is 0 Å². The van der Waals surface area contributed by atoms with Crippen LogP contribution in [0.4, 0.5) is 0 Å². The maximum Gasteiger partial charge on any atom is 0.222 e. The predicted molar refractivity (Wildman–Crippen MR) is 102 cm³/mol. The van der Waals surface area contributed by atoms with Gasteiger partial charge in [-0.3, -0.25) is 14.8 Å². The Kier molecular flexibility index (Phi) is 5.61. The summed E-state index contributed by atoms with van der Waals surface area (Å²) in [6, 6.07) is 0. The molecule has 150 valence electrons. The number of tetrazole rings is 1. The molecule has 9 heteroatoms. The maximum absolute atomic E-state index is 12.5. The third kappa shape index (κ3) is 4.52. The Morgan fingerprint density at radius 3 is 2.86 bits per heavy atom. The standard InChI is InChI=1S/C19H28N8O/c1-16-10-21-17(11-20-16)12-26-14-19(6-4-18(26)28)5-2-7-25(13-19)8-3-9-27-15-22-23-24-27/h10-11,15H,2-9,12-14H2,1H3/t19-/m1/s1. The summed E-state index contributed by atoms with van der Waals surface area (Å²) in [6.07, 6.45) is 10.3. The molecule has 0 aliphatic carbocycles. The van der Waals surface area contributed by atoms with E-state index in [1.54, 1.807) is 23.4 Å². The lowest BCUT2D eigenvalue weighted by atomic mass is 9.73. The van der Waals surface area contributed by atoms with Crippen LogP contribution in [-0.2, 0) is 17.9 Å². The highest BCUT2D eigenvalue weighted by Crippen LogP contribution is 2.39. The minimum atomic E-state index is 0.207. The topological polar surface area (TPSA) is 92.9 Å². The van der Waals surface area contributed by atoms with Gasteiger partial charge in [0.1, 0.15) is 6.33 Å². The fourth-order valence-electron chi connectivity index (χ4n) is 4.52. The van der Waals surface area contributed by atoms with Gasteiger partial charge in [-0.2, -0.15) is 0 Å². The number of hydrogen-bond acceptors (Lipinski definition) is 7. The normalized spacial score (nSPS) is 23.5. The first-order valence-corrected chi connectivity index (χ1v) is 10.1. The van der Waals surface area contributed by atoms with Crippen LogP contribution >= 0.6 is 0 Å². The van der Waals surface area contributed by atoms with E-state index >= 15 is 0 Å². The smallest absolute Gasteiger partial charge is 0.222 e. The van der Waals surface area contributed by atoms with Gasteiger partial charge in [-0.1, -0.05) is 0 Å². The first kappa shape index (κ1) is 18.9. The van der Waals surface area contributed by atoms with Crippen LogP contribution < -0.4 is 0 Å². The average Bonchev–Trinajstić information content (AvgIpc) is 3.21. The van der Waals surface area contributed by atoms with Crippen LogP contribution in [0.15, 0.2) is 18.7 Å². The number of amides is 1. The number of carbonyl (C=O) groups excluding carboxylic acids is 1. The van der Waals surface area contributed by atoms with Gasteiger partial charge in [-0.25, -0.2) is 4.68 Å². The molecule has 4 rings (SSSR count). The number of piperidine rings is 2. The Bertz CT molecular complexity index is 778. The molecule has 2 aromatic heterocycles. The van der Waals surface area contributed by atoms with Gasteiger partial charge in [0.05, 0.1) is 24.1 Å². The van der Waals surface area contributed by atoms with Crippen LogP contribution in [0, 0.1) is 12.3 Å². The lowest BCUT2D eigenvalue weighted by Crippen LogP contribution is -2.53. The molecule has 2 saturated heterocycles. The second-order valence-corrected chi connectivity index (χ2v) is 8.21. The van der Waals surface area contributed by atoms with Crippen molar-refractivity contribution in [3.05, 3.63) is 30.1 Å². The van der Waals surface area contributed by atoms with E-state index in [2.05, 4.69) is 30.4 Å². The van der Waals surface area contributed by atoms with Crippen molar-refractivity contribution in [3.8, 4) is 0 Å². The number of nitrogens with zero attached hydrogens (tertiary/aromatic N) is 8. The zero-order chi connectivity index (χ0) is 19.4. The monoisotopic (exact) mass is 384 g/mol. The van der Waals surface area contributed by atoms with Gasteiger partial charge in [0, 0.05) is 37.7 Å². The Balaban J connectivity index is 1.34. The molecule has 2 aliphatic heterocycles. The predicted octanol–water partition coefficient (Wildman–Crippen LogP) is 1.07. The molecule has 0 radical (unpaired) electrons. The van der Waals surface area contributed by atoms with E-state index in [0.717, 1.165) is 57.0 Å². The lowest BCUT2D eigenvalue weighted by molar-refractivity contribution is -0.140. The van der Waals surface area contributed by atoms with Gasteiger partial charge in [0.2, 0.25) is 5.91 Å². The van der Waals surface area contributed by atoms with E-state index in [0.29, 0.717) is 13.0 Å². The second kappa shape index (κ2) is 8.30. The molecule has 28 heavy (non-hydrogen) atoms. The van der Waals surface area contributed by atoms with Crippen molar-refractivity contribution in [1.29, 1.82) is 0 Å². The maximum atomic E-state index is 12.5. The Morgan fingerprint density at radius 2 is 2.07 bits per heavy atom. The van der Waals surface area contributed by atoms with Crippen molar-refractivity contribution in [1.82, 2.24) is 40.0 Å². The Hall–Kier alpha value is -2.42. The highest BCUT2D eigenvalue weighted by molar-refractivity contribution is 5.77. The van der Waals surface area contributed by atoms with Crippen molar-refractivity contribution < 1.29 is 4.79 Å². The zero-order valence-electron chi connectivity index (χ0n) is 16.5. The summed E-state index contributed by atoms with van der Waals surface area (Å²) >= 11 is 0. The molecule has 2 fully saturated rings. The fourth-order valence-corrected chi connectivity index (χ4v) is 4.52. The summed E-state index contributed by atoms with van der Waals surface area (Å²) in [5.41, 5.74) is 1.97. The molecule has 2 aromatic rings. The highest BCUT2D eigenvalue weighted by atomic mass is 16.2. The van der Waals surface area contributed by atoms with E-state index in [9.17, 15) is 4.79 Å². The third-order valence-electron chi connectivity index (χ3n) is 5.93. The highest BCUT2D eigenvalue weighted by Gasteiger charge is 2.41. The quantitative estimate of drug-likeness (QED) is 0.735. The molecule has 0 bridgehead atoms. The molecule has 0 N–H and O–H groups in total. The van der Waals surface area contributed by atoms with Crippen LogP contribution in [0.5, 0.6) is 0 Å². The molecule has 1 amide bonds. The minimum absolute atomic E-state index is 0.207. The summed E-state index contributed by atoms with van der Waals surface area (Å²) in [5.74, 6) is 0.240. The molecule has 0 saturated carbocycles. The van der Waals surface area contributed by atoms with Crippen LogP contribution in [0.1, 0.15) is 43.5 Å². The largest absolute Gasteiger partial charge is 0.336 e. The van der Waals surface area contributed by atoms with Crippen molar-refractivity contribution in [3.63, 3.8) is 0 Å². The van der Waals surface area contributed by atoms with Crippen molar-refractivity contribution in [2.75, 3.05) is 26.2 Å². The summed E-state index contributed by atoms with van der Waals surface area (Å²) in [4.78, 5) is 25.8. The number of likely N-dealkylation sites (tertiary alicyclic amines) is 2. The SMILES string of the molecule is Cc1cnc(CN2C[C@]3(CCCN(CCCn4cnnn4)C3)CCC2=O)cn1. The molecule has 0 unspecified atom stereocenters. The van der Waals surface area contributed by atoms with E-state index < -0.39 is 0 Å². The first-order chi connectivity index (χ1) is 13.6. The van der Waals surface area contributed by atoms with Crippen molar-refractivity contribution in [2.45, 2.75) is 52.1 Å². The molecule has 1 atom stereocenters. The first-order valence-electron chi connectivity index (χ1n) is 10.1. The minimum Gasteiger partial charge on any atom is -0.336 e. The van der Waals surface area contributed by atoms with E-state index in [1.165, 1.54) is 12.8 Å². The van der Waals surface area contributed by atoms with Gasteiger partial charge in [-0.15, -0.1) is 5.10 Å². The van der Waals surface area contributed by atoms with Gasteiger partial charge < -0.3 is 9.80 Å². The number of carbonyl (C=O) groups is 1. The van der Waals surface area contributed by atoms with Crippen LogP contribution in [-0.4, -0.2) is 72.1 Å². The zero-order valence-corrected chi connectivity index (χ0v) is 16.5. The summed E-state index contributed by atoms with van der Waals surface area (Å²) in [7, 11) is 0. The van der Waals surface area contributed by atoms with E-state index in [1.807, 2.05) is 11.8 Å². The molecule has 9 nitrogen and oxygen atoms in total. The summed E-state index contributed by atoms with van der Waals surface area (Å²) < 4.78 is 1.78. The fraction of sp³-hybridized carbons (Fsp3) is 0.684. The average molecular weight is 384 g/mol. The molecule has 2 aliphatic rings. The summed E-state index contributed by atoms with van der Waals surface area (Å²) in [5, 5.41) is 11.3. The molecule has 4 heterocycles. The number of aryl methyl sites for hydroxylation is 2. The van der Waals surface area contributed by atoms with E-state index in [-0.39, 0.29) is 11.3 Å². The van der Waals surface area contributed by atoms with E-state index in [4.69, 9.17) is 0 Å². The Labute approximate surface area is 165 Å². The second-order valence-electron chi connectivity index (χ2n) is 8.21. The van der Waals surface area contributed by atoms with Gasteiger partial charge in [0.25, 0.3) is 0 Å². The molecular weight excluding hydrogens is 356 g/mol. The third-order valence-corrected chi connectivity index (χ3v) is 5.93. The van der Waals surface area contributed by atoms with Crippen LogP contribution in [0.2, 0.25) is 0 Å². The number of rotatable bonds is 6. The number of aromatic nitrogens is 6. The molecule has 0 aromatic carbocycles. The van der Waals surface area contributed by atoms with Gasteiger partial charge >= 0.3 is 0 Å². The van der Waals surface area contributed by atoms with Crippen molar-refractivity contribution in [2.24, 2.45) is 5.41 Å². The molecular formula is C19H28N8O. The number of hydrogen-bond donors (Lipinski definition) is 0. The molecule has 1 spiro atoms. The lowest BCUT2D eigenvalue weighted by Gasteiger charge is -2.48. The Morgan fingerprint density at radius 1 is 1.14 bits per heavy atom. The van der Waals surface area contributed by atoms with Gasteiger partial charge in [-0.05, 0) is 56.1 Å².